The van der Waals surface area contributed by atoms with Crippen LogP contribution in [0, 0.1) is 5.82 Å². The Morgan fingerprint density at radius 1 is 1.00 bits per heavy atom. The van der Waals surface area contributed by atoms with Gasteiger partial charge in [0.1, 0.15) is 18.2 Å². The molecular weight excluding hydrogens is 267 g/mol. The molecule has 0 saturated carbocycles. The summed E-state index contributed by atoms with van der Waals surface area (Å²) in [5, 5.41) is 0. The van der Waals surface area contributed by atoms with Gasteiger partial charge in [-0.1, -0.05) is 24.3 Å². The molecule has 0 aromatic heterocycles. The SMILES string of the molecule is CN(CCOc1ccc(CN)cc1)Cc1ccc(F)cc1. The molecule has 0 atom stereocenters. The maximum atomic E-state index is 12.8. The van der Waals surface area contributed by atoms with Crippen LogP contribution in [-0.2, 0) is 13.1 Å². The predicted octanol–water partition coefficient (Wildman–Crippen LogP) is 2.80. The zero-order valence-corrected chi connectivity index (χ0v) is 12.3. The van der Waals surface area contributed by atoms with E-state index >= 15 is 0 Å². The van der Waals surface area contributed by atoms with Crippen molar-refractivity contribution < 1.29 is 9.13 Å². The van der Waals surface area contributed by atoms with Crippen LogP contribution in [0.2, 0.25) is 0 Å². The number of halogens is 1. The van der Waals surface area contributed by atoms with E-state index in [-0.39, 0.29) is 5.82 Å². The van der Waals surface area contributed by atoms with Gasteiger partial charge in [0, 0.05) is 19.6 Å². The second-order valence-electron chi connectivity index (χ2n) is 5.06. The third-order valence-electron chi connectivity index (χ3n) is 3.27. The minimum Gasteiger partial charge on any atom is -0.492 e. The van der Waals surface area contributed by atoms with E-state index in [4.69, 9.17) is 10.5 Å². The molecule has 0 amide bonds. The van der Waals surface area contributed by atoms with Crippen LogP contribution in [0.15, 0.2) is 48.5 Å². The molecular formula is C17H21FN2O. The quantitative estimate of drug-likeness (QED) is 0.851. The Morgan fingerprint density at radius 2 is 1.62 bits per heavy atom. The van der Waals surface area contributed by atoms with Gasteiger partial charge in [0.15, 0.2) is 0 Å². The van der Waals surface area contributed by atoms with Gasteiger partial charge >= 0.3 is 0 Å². The Hall–Kier alpha value is -1.91. The smallest absolute Gasteiger partial charge is 0.123 e. The van der Waals surface area contributed by atoms with Gasteiger partial charge in [-0.15, -0.1) is 0 Å². The van der Waals surface area contributed by atoms with Gasteiger partial charge in [-0.3, -0.25) is 4.90 Å². The van der Waals surface area contributed by atoms with Crippen LogP contribution in [0.3, 0.4) is 0 Å². The van der Waals surface area contributed by atoms with Gasteiger partial charge in [-0.25, -0.2) is 4.39 Å². The lowest BCUT2D eigenvalue weighted by Gasteiger charge is -2.17. The topological polar surface area (TPSA) is 38.5 Å². The fourth-order valence-electron chi connectivity index (χ4n) is 2.02. The zero-order valence-electron chi connectivity index (χ0n) is 12.3. The minimum atomic E-state index is -0.203. The van der Waals surface area contributed by atoms with Gasteiger partial charge in [0.2, 0.25) is 0 Å². The summed E-state index contributed by atoms with van der Waals surface area (Å²) in [6, 6.07) is 14.4. The summed E-state index contributed by atoms with van der Waals surface area (Å²) in [5.41, 5.74) is 7.73. The molecule has 0 fully saturated rings. The summed E-state index contributed by atoms with van der Waals surface area (Å²) < 4.78 is 18.5. The van der Waals surface area contributed by atoms with Gasteiger partial charge in [0.05, 0.1) is 0 Å². The summed E-state index contributed by atoms with van der Waals surface area (Å²) in [4.78, 5) is 2.14. The van der Waals surface area contributed by atoms with Crippen molar-refractivity contribution in [1.82, 2.24) is 4.90 Å². The summed E-state index contributed by atoms with van der Waals surface area (Å²) >= 11 is 0. The summed E-state index contributed by atoms with van der Waals surface area (Å²) in [5.74, 6) is 0.646. The normalized spacial score (nSPS) is 10.9. The summed E-state index contributed by atoms with van der Waals surface area (Å²) in [7, 11) is 2.02. The molecule has 2 aromatic rings. The zero-order chi connectivity index (χ0) is 15.1. The molecule has 3 nitrogen and oxygen atoms in total. The molecule has 0 aliphatic carbocycles. The molecule has 0 bridgehead atoms. The molecule has 21 heavy (non-hydrogen) atoms. The Morgan fingerprint density at radius 3 is 2.24 bits per heavy atom. The highest BCUT2D eigenvalue weighted by Crippen LogP contribution is 2.12. The second-order valence-corrected chi connectivity index (χ2v) is 5.06. The average Bonchev–Trinajstić information content (AvgIpc) is 2.50. The molecule has 0 saturated heterocycles. The first-order valence-corrected chi connectivity index (χ1v) is 7.02. The summed E-state index contributed by atoms with van der Waals surface area (Å²) in [6.45, 7) is 2.73. The van der Waals surface area contributed by atoms with E-state index in [1.807, 2.05) is 31.3 Å². The van der Waals surface area contributed by atoms with Crippen molar-refractivity contribution in [2.75, 3.05) is 20.2 Å². The van der Waals surface area contributed by atoms with E-state index in [9.17, 15) is 4.39 Å². The highest BCUT2D eigenvalue weighted by atomic mass is 19.1. The number of nitrogens with two attached hydrogens (primary N) is 1. The molecule has 0 heterocycles. The first-order valence-electron chi connectivity index (χ1n) is 7.02. The molecule has 0 spiro atoms. The highest BCUT2D eigenvalue weighted by molar-refractivity contribution is 5.27. The van der Waals surface area contributed by atoms with Crippen LogP contribution < -0.4 is 10.5 Å². The Labute approximate surface area is 125 Å². The fourth-order valence-corrected chi connectivity index (χ4v) is 2.02. The molecule has 0 aliphatic rings. The molecule has 0 radical (unpaired) electrons. The molecule has 2 aromatic carbocycles. The Balaban J connectivity index is 1.73. The van der Waals surface area contributed by atoms with Crippen molar-refractivity contribution in [2.45, 2.75) is 13.1 Å². The van der Waals surface area contributed by atoms with E-state index in [0.29, 0.717) is 13.2 Å². The number of rotatable bonds is 7. The van der Waals surface area contributed by atoms with Crippen LogP contribution in [0.5, 0.6) is 5.75 Å². The molecule has 112 valence electrons. The van der Waals surface area contributed by atoms with Crippen molar-refractivity contribution in [2.24, 2.45) is 5.73 Å². The molecule has 2 N–H and O–H groups in total. The lowest BCUT2D eigenvalue weighted by Crippen LogP contribution is -2.23. The Kier molecular flexibility index (Phi) is 5.72. The van der Waals surface area contributed by atoms with Crippen molar-refractivity contribution in [1.29, 1.82) is 0 Å². The van der Waals surface area contributed by atoms with Gasteiger partial charge in [0.25, 0.3) is 0 Å². The van der Waals surface area contributed by atoms with E-state index in [2.05, 4.69) is 4.90 Å². The van der Waals surface area contributed by atoms with Crippen LogP contribution in [-0.4, -0.2) is 25.1 Å². The third kappa shape index (κ3) is 5.17. The van der Waals surface area contributed by atoms with E-state index in [1.54, 1.807) is 12.1 Å². The third-order valence-corrected chi connectivity index (χ3v) is 3.27. The highest BCUT2D eigenvalue weighted by Gasteiger charge is 2.01. The van der Waals surface area contributed by atoms with Crippen LogP contribution >= 0.6 is 0 Å². The number of nitrogens with zero attached hydrogens (tertiary/aromatic N) is 1. The fraction of sp³-hybridized carbons (Fsp3) is 0.294. The average molecular weight is 288 g/mol. The van der Waals surface area contributed by atoms with Gasteiger partial charge in [-0.2, -0.15) is 0 Å². The summed E-state index contributed by atoms with van der Waals surface area (Å²) in [6.07, 6.45) is 0. The second kappa shape index (κ2) is 7.76. The minimum absolute atomic E-state index is 0.203. The van der Waals surface area contributed by atoms with Crippen molar-refractivity contribution in [3.05, 3.63) is 65.5 Å². The molecule has 0 aliphatic heterocycles. The monoisotopic (exact) mass is 288 g/mol. The number of benzene rings is 2. The number of ether oxygens (including phenoxy) is 1. The van der Waals surface area contributed by atoms with E-state index in [1.165, 1.54) is 12.1 Å². The van der Waals surface area contributed by atoms with E-state index in [0.717, 1.165) is 30.0 Å². The lowest BCUT2D eigenvalue weighted by molar-refractivity contribution is 0.233. The van der Waals surface area contributed by atoms with E-state index < -0.39 is 0 Å². The van der Waals surface area contributed by atoms with Crippen LogP contribution in [0.25, 0.3) is 0 Å². The first kappa shape index (κ1) is 15.5. The van der Waals surface area contributed by atoms with Crippen molar-refractivity contribution >= 4 is 0 Å². The van der Waals surface area contributed by atoms with Crippen molar-refractivity contribution in [3.63, 3.8) is 0 Å². The molecule has 4 heteroatoms. The maximum Gasteiger partial charge on any atom is 0.123 e. The number of likely N-dealkylation sites (N-methyl/N-ethyl adjacent to an activating group) is 1. The largest absolute Gasteiger partial charge is 0.492 e. The first-order chi connectivity index (χ1) is 10.2. The van der Waals surface area contributed by atoms with Crippen molar-refractivity contribution in [3.8, 4) is 5.75 Å². The van der Waals surface area contributed by atoms with Crippen LogP contribution in [0.4, 0.5) is 4.39 Å². The molecule has 2 rings (SSSR count). The van der Waals surface area contributed by atoms with Gasteiger partial charge in [-0.05, 0) is 42.4 Å². The number of hydrogen-bond donors (Lipinski definition) is 1. The maximum absolute atomic E-state index is 12.8. The molecule has 0 unspecified atom stereocenters. The predicted molar refractivity (Wildman–Crippen MR) is 82.6 cm³/mol. The lowest BCUT2D eigenvalue weighted by atomic mass is 10.2. The standard InChI is InChI=1S/C17H21FN2O/c1-20(13-15-2-6-16(18)7-3-15)10-11-21-17-8-4-14(12-19)5-9-17/h2-9H,10-13,19H2,1H3. The van der Waals surface area contributed by atoms with Crippen LogP contribution in [0.1, 0.15) is 11.1 Å². The Bertz CT molecular complexity index is 540. The van der Waals surface area contributed by atoms with Gasteiger partial charge < -0.3 is 10.5 Å². The number of hydrogen-bond acceptors (Lipinski definition) is 3.